The molecule has 2 aliphatic rings. The van der Waals surface area contributed by atoms with E-state index in [9.17, 15) is 9.59 Å². The van der Waals surface area contributed by atoms with Crippen LogP contribution < -0.4 is 4.74 Å². The summed E-state index contributed by atoms with van der Waals surface area (Å²) in [6, 6.07) is 25.3. The second kappa shape index (κ2) is 20.4. The van der Waals surface area contributed by atoms with Crippen LogP contribution in [-0.2, 0) is 59.3 Å². The van der Waals surface area contributed by atoms with E-state index in [1.54, 1.807) is 0 Å². The van der Waals surface area contributed by atoms with E-state index in [-0.39, 0.29) is 55.4 Å². The van der Waals surface area contributed by atoms with Crippen molar-refractivity contribution >= 4 is 26.2 Å². The minimum Gasteiger partial charge on any atom is -0.482 e. The number of unbranched alkanes of at least 4 members (excludes halogenated alkanes) is 2. The predicted molar refractivity (Wildman–Crippen MR) is 221 cm³/mol. The van der Waals surface area contributed by atoms with Gasteiger partial charge in [0.05, 0.1) is 0 Å². The van der Waals surface area contributed by atoms with Crippen LogP contribution in [0.5, 0.6) is 5.75 Å². The quantitative estimate of drug-likeness (QED) is 0.0229. The summed E-state index contributed by atoms with van der Waals surface area (Å²) >= 11 is 0. The summed E-state index contributed by atoms with van der Waals surface area (Å²) in [5.74, 6) is 0.764. The Morgan fingerprint density at radius 2 is 1.50 bits per heavy atom. The number of rotatable bonds is 20. The van der Waals surface area contributed by atoms with Gasteiger partial charge in [0, 0.05) is 6.10 Å². The SMILES string of the molecule is CCCCCC(CCC1C(O[Si](C)(C)C(C)(C)C)CC2Cc3c(cccc3OCC(=O)OCc3ccccc3)CC21)OOC(=N)CC(=O)OCc1ccccc1. The van der Waals surface area contributed by atoms with Crippen molar-refractivity contribution in [3.63, 3.8) is 0 Å². The minimum atomic E-state index is -2.09. The van der Waals surface area contributed by atoms with Gasteiger partial charge in [-0.05, 0) is 103 Å². The summed E-state index contributed by atoms with van der Waals surface area (Å²) in [6.07, 6.45) is 8.04. The van der Waals surface area contributed by atoms with Gasteiger partial charge in [-0.1, -0.05) is 120 Å². The van der Waals surface area contributed by atoms with E-state index in [1.807, 2.05) is 72.8 Å². The number of hydrogen-bond donors (Lipinski definition) is 1. The third-order valence-electron chi connectivity index (χ3n) is 11.9. The summed E-state index contributed by atoms with van der Waals surface area (Å²) in [4.78, 5) is 36.5. The molecule has 1 N–H and O–H groups in total. The zero-order valence-corrected chi connectivity index (χ0v) is 35.4. The Labute approximate surface area is 335 Å². The molecule has 1 saturated carbocycles. The molecule has 0 amide bonds. The lowest BCUT2D eigenvalue weighted by Gasteiger charge is -2.40. The van der Waals surface area contributed by atoms with Gasteiger partial charge >= 0.3 is 11.9 Å². The van der Waals surface area contributed by atoms with Crippen LogP contribution in [0.3, 0.4) is 0 Å². The summed E-state index contributed by atoms with van der Waals surface area (Å²) in [7, 11) is -2.09. The maximum atomic E-state index is 12.6. The third-order valence-corrected chi connectivity index (χ3v) is 16.4. The molecule has 3 aromatic carbocycles. The molecule has 0 spiro atoms. The fraction of sp³-hybridized carbons (Fsp3) is 0.543. The highest BCUT2D eigenvalue weighted by atomic mass is 28.4. The third kappa shape index (κ3) is 12.5. The van der Waals surface area contributed by atoms with E-state index in [1.165, 1.54) is 11.1 Å². The van der Waals surface area contributed by atoms with Crippen molar-refractivity contribution in [2.45, 2.75) is 135 Å². The lowest BCUT2D eigenvalue weighted by molar-refractivity contribution is -0.265. The Hall–Kier alpha value is -3.99. The van der Waals surface area contributed by atoms with E-state index in [2.05, 4.69) is 46.9 Å². The normalized spacial score (nSPS) is 19.7. The Bertz CT molecular complexity index is 1710. The first kappa shape index (κ1) is 43.1. The van der Waals surface area contributed by atoms with E-state index in [4.69, 9.17) is 33.8 Å². The smallest absolute Gasteiger partial charge is 0.344 e. The number of esters is 2. The number of fused-ring (bicyclic) bond motifs is 2. The van der Waals surface area contributed by atoms with Crippen LogP contribution >= 0.6 is 0 Å². The number of nitrogens with one attached hydrogen (secondary N) is 1. The molecule has 3 aromatic rings. The second-order valence-corrected chi connectivity index (χ2v) is 21.9. The fourth-order valence-electron chi connectivity index (χ4n) is 7.84. The molecule has 5 atom stereocenters. The number of carbonyl (C=O) groups is 2. The lowest BCUT2D eigenvalue weighted by atomic mass is 9.73. The highest BCUT2D eigenvalue weighted by molar-refractivity contribution is 6.74. The summed E-state index contributed by atoms with van der Waals surface area (Å²) in [6.45, 7) is 14.0. The van der Waals surface area contributed by atoms with Gasteiger partial charge in [0.15, 0.2) is 14.9 Å². The number of benzene rings is 3. The summed E-state index contributed by atoms with van der Waals surface area (Å²) in [5, 5.41) is 8.39. The fourth-order valence-corrected chi connectivity index (χ4v) is 9.22. The molecule has 5 unspecified atom stereocenters. The van der Waals surface area contributed by atoms with Crippen LogP contribution in [0, 0.1) is 23.2 Å². The van der Waals surface area contributed by atoms with Gasteiger partial charge in [0.2, 0.25) is 5.90 Å². The van der Waals surface area contributed by atoms with Crippen LogP contribution in [-0.4, -0.2) is 45.0 Å². The standard InChI is InChI=1S/C46H63NO8Si/c1-7-8-11-22-37(53-54-43(47)29-44(48)51-30-33-17-12-9-13-18-33)24-25-38-39-26-35-21-16-23-41(50-32-45(49)52-31-34-19-14-10-15-20-34)40(35)27-36(39)28-42(38)55-56(5,6)46(2,3)4/h9-10,12-21,23,36-39,42,47H,7-8,11,22,24-32H2,1-6H3. The van der Waals surface area contributed by atoms with Crippen LogP contribution in [0.25, 0.3) is 0 Å². The van der Waals surface area contributed by atoms with E-state index in [0.717, 1.165) is 74.7 Å². The first-order valence-corrected chi connectivity index (χ1v) is 23.4. The zero-order chi connectivity index (χ0) is 40.1. The largest absolute Gasteiger partial charge is 0.482 e. The number of ether oxygens (including phenoxy) is 3. The van der Waals surface area contributed by atoms with Crippen molar-refractivity contribution in [3.8, 4) is 5.75 Å². The van der Waals surface area contributed by atoms with Crippen molar-refractivity contribution in [2.24, 2.45) is 17.8 Å². The molecule has 0 aliphatic heterocycles. The topological polar surface area (TPSA) is 113 Å². The average molecular weight is 786 g/mol. The molecule has 304 valence electrons. The number of hydrogen-bond acceptors (Lipinski definition) is 9. The maximum absolute atomic E-state index is 12.6. The second-order valence-electron chi connectivity index (χ2n) is 17.1. The van der Waals surface area contributed by atoms with Crippen LogP contribution in [0.1, 0.15) is 101 Å². The zero-order valence-electron chi connectivity index (χ0n) is 34.4. The van der Waals surface area contributed by atoms with Crippen LogP contribution in [0.2, 0.25) is 18.1 Å². The Balaban J connectivity index is 1.23. The van der Waals surface area contributed by atoms with Crippen LogP contribution in [0.15, 0.2) is 78.9 Å². The van der Waals surface area contributed by atoms with E-state index in [0.29, 0.717) is 17.8 Å². The summed E-state index contributed by atoms with van der Waals surface area (Å²) < 4.78 is 24.2. The van der Waals surface area contributed by atoms with Crippen molar-refractivity contribution in [1.29, 1.82) is 5.41 Å². The van der Waals surface area contributed by atoms with Gasteiger partial charge in [0.1, 0.15) is 31.5 Å². The monoisotopic (exact) mass is 785 g/mol. The van der Waals surface area contributed by atoms with E-state index < -0.39 is 14.3 Å². The first-order chi connectivity index (χ1) is 26.8. The Morgan fingerprint density at radius 3 is 2.14 bits per heavy atom. The molecule has 0 radical (unpaired) electrons. The Kier molecular flexibility index (Phi) is 15.7. The van der Waals surface area contributed by atoms with Crippen molar-refractivity contribution < 1.29 is 38.0 Å². The molecule has 0 bridgehead atoms. The molecule has 0 heterocycles. The van der Waals surface area contributed by atoms with Gasteiger partial charge < -0.3 is 23.5 Å². The first-order valence-electron chi connectivity index (χ1n) is 20.5. The van der Waals surface area contributed by atoms with Gasteiger partial charge in [0.25, 0.3) is 0 Å². The molecule has 0 saturated heterocycles. The van der Waals surface area contributed by atoms with Gasteiger partial charge in [-0.3, -0.25) is 10.2 Å². The molecule has 0 aromatic heterocycles. The highest BCUT2D eigenvalue weighted by Crippen LogP contribution is 2.51. The molecule has 10 heteroatoms. The minimum absolute atomic E-state index is 0.0760. The van der Waals surface area contributed by atoms with E-state index >= 15 is 0 Å². The number of carbonyl (C=O) groups excluding carboxylic acids is 2. The molecular weight excluding hydrogens is 723 g/mol. The van der Waals surface area contributed by atoms with Gasteiger partial charge in [-0.25, -0.2) is 4.79 Å². The molecule has 56 heavy (non-hydrogen) atoms. The predicted octanol–water partition coefficient (Wildman–Crippen LogP) is 10.3. The Morgan fingerprint density at radius 1 is 0.839 bits per heavy atom. The van der Waals surface area contributed by atoms with Crippen molar-refractivity contribution in [2.75, 3.05) is 6.61 Å². The van der Waals surface area contributed by atoms with Gasteiger partial charge in [-0.15, -0.1) is 0 Å². The molecule has 2 aliphatic carbocycles. The molecular formula is C46H63NO8Si. The lowest BCUT2D eigenvalue weighted by Crippen LogP contribution is -2.45. The van der Waals surface area contributed by atoms with Crippen molar-refractivity contribution in [1.82, 2.24) is 0 Å². The molecule has 5 rings (SSSR count). The average Bonchev–Trinajstić information content (AvgIpc) is 3.50. The molecule has 1 fully saturated rings. The molecule has 9 nitrogen and oxygen atoms in total. The highest BCUT2D eigenvalue weighted by Gasteiger charge is 2.49. The maximum Gasteiger partial charge on any atom is 0.344 e. The van der Waals surface area contributed by atoms with Crippen molar-refractivity contribution in [3.05, 3.63) is 101 Å². The summed E-state index contributed by atoms with van der Waals surface area (Å²) in [5.41, 5.74) is 4.28. The van der Waals surface area contributed by atoms with Crippen LogP contribution in [0.4, 0.5) is 0 Å². The van der Waals surface area contributed by atoms with Gasteiger partial charge in [-0.2, -0.15) is 4.89 Å².